The van der Waals surface area contributed by atoms with Crippen LogP contribution in [0.25, 0.3) is 11.3 Å². The zero-order valence-corrected chi connectivity index (χ0v) is 7.04. The first-order chi connectivity index (χ1) is 6.92. The van der Waals surface area contributed by atoms with Gasteiger partial charge in [0.25, 0.3) is 0 Å². The molecule has 5 nitrogen and oxygen atoms in total. The number of carbonyl (C=O) groups excluding carboxylic acids is 1. The molecule has 2 aromatic rings. The summed E-state index contributed by atoms with van der Waals surface area (Å²) in [6, 6.07) is 9.21. The minimum atomic E-state index is 0.145. The fourth-order valence-electron chi connectivity index (χ4n) is 1.08. The predicted molar refractivity (Wildman–Crippen MR) is 47.5 cm³/mol. The van der Waals surface area contributed by atoms with Crippen molar-refractivity contribution >= 4 is 11.9 Å². The number of aromatic nitrogens is 2. The van der Waals surface area contributed by atoms with Crippen LogP contribution in [0.5, 0.6) is 0 Å². The van der Waals surface area contributed by atoms with Crippen LogP contribution < -0.4 is 0 Å². The highest BCUT2D eigenvalue weighted by Gasteiger charge is 2.10. The minimum Gasteiger partial charge on any atom is -0.242 e. The molecule has 0 saturated carbocycles. The zero-order chi connectivity index (χ0) is 9.80. The first-order valence-corrected chi connectivity index (χ1v) is 3.87. The van der Waals surface area contributed by atoms with Crippen LogP contribution in [0.2, 0.25) is 0 Å². The number of benzene rings is 1. The maximum absolute atomic E-state index is 10.1. The van der Waals surface area contributed by atoms with Gasteiger partial charge in [-0.25, -0.2) is 9.42 Å². The molecule has 0 N–H and O–H groups in total. The van der Waals surface area contributed by atoms with Gasteiger partial charge in [-0.05, 0) is 10.3 Å². The smallest absolute Gasteiger partial charge is 0.242 e. The number of hydrogen-bond donors (Lipinski definition) is 0. The van der Waals surface area contributed by atoms with Gasteiger partial charge in [0.2, 0.25) is 11.9 Å². The molecule has 14 heavy (non-hydrogen) atoms. The van der Waals surface area contributed by atoms with E-state index in [1.807, 2.05) is 30.3 Å². The third-order valence-corrected chi connectivity index (χ3v) is 1.67. The molecular weight excluding hydrogens is 182 g/mol. The maximum atomic E-state index is 10.1. The SMILES string of the molecule is O=C=Nc1nonc1-c1ccccc1. The fourth-order valence-corrected chi connectivity index (χ4v) is 1.08. The highest BCUT2D eigenvalue weighted by atomic mass is 16.6. The summed E-state index contributed by atoms with van der Waals surface area (Å²) in [5.74, 6) is 0.145. The Labute approximate surface area is 79.0 Å². The Bertz CT molecular complexity index is 472. The molecule has 0 radical (unpaired) electrons. The van der Waals surface area contributed by atoms with Gasteiger partial charge in [0.15, 0.2) is 5.69 Å². The van der Waals surface area contributed by atoms with Gasteiger partial charge in [0, 0.05) is 5.56 Å². The normalized spacial score (nSPS) is 9.43. The van der Waals surface area contributed by atoms with Gasteiger partial charge in [0.1, 0.15) is 0 Å². The van der Waals surface area contributed by atoms with Crippen molar-refractivity contribution < 1.29 is 9.42 Å². The van der Waals surface area contributed by atoms with E-state index in [-0.39, 0.29) is 5.82 Å². The van der Waals surface area contributed by atoms with E-state index in [9.17, 15) is 4.79 Å². The molecule has 0 bridgehead atoms. The van der Waals surface area contributed by atoms with E-state index >= 15 is 0 Å². The van der Waals surface area contributed by atoms with Crippen molar-refractivity contribution in [1.82, 2.24) is 10.3 Å². The second-order valence-electron chi connectivity index (χ2n) is 2.51. The molecule has 0 aliphatic carbocycles. The quantitative estimate of drug-likeness (QED) is 0.530. The van der Waals surface area contributed by atoms with Gasteiger partial charge < -0.3 is 0 Å². The molecule has 0 aliphatic rings. The van der Waals surface area contributed by atoms with Gasteiger partial charge in [0.05, 0.1) is 0 Å². The second-order valence-corrected chi connectivity index (χ2v) is 2.51. The number of aliphatic imine (C=N–C) groups is 1. The average molecular weight is 187 g/mol. The van der Waals surface area contributed by atoms with Crippen LogP contribution in [0.15, 0.2) is 40.0 Å². The van der Waals surface area contributed by atoms with E-state index < -0.39 is 0 Å². The Morgan fingerprint density at radius 2 is 2.00 bits per heavy atom. The summed E-state index contributed by atoms with van der Waals surface area (Å²) in [7, 11) is 0. The maximum Gasteiger partial charge on any atom is 0.242 e. The molecule has 0 atom stereocenters. The summed E-state index contributed by atoms with van der Waals surface area (Å²) < 4.78 is 4.48. The highest BCUT2D eigenvalue weighted by Crippen LogP contribution is 2.25. The topological polar surface area (TPSA) is 68.3 Å². The van der Waals surface area contributed by atoms with Gasteiger partial charge >= 0.3 is 0 Å². The Kier molecular flexibility index (Phi) is 2.17. The average Bonchev–Trinajstić information content (AvgIpc) is 2.68. The number of nitrogens with zero attached hydrogens (tertiary/aromatic N) is 3. The number of hydrogen-bond acceptors (Lipinski definition) is 5. The molecule has 0 amide bonds. The number of rotatable bonds is 2. The van der Waals surface area contributed by atoms with Crippen molar-refractivity contribution in [1.29, 1.82) is 0 Å². The van der Waals surface area contributed by atoms with E-state index in [1.54, 1.807) is 0 Å². The van der Waals surface area contributed by atoms with Gasteiger partial charge in [-0.3, -0.25) is 0 Å². The van der Waals surface area contributed by atoms with Crippen LogP contribution in [-0.2, 0) is 4.79 Å². The van der Waals surface area contributed by atoms with Crippen molar-refractivity contribution in [3.8, 4) is 11.3 Å². The van der Waals surface area contributed by atoms with E-state index in [1.165, 1.54) is 6.08 Å². The van der Waals surface area contributed by atoms with Crippen molar-refractivity contribution in [2.75, 3.05) is 0 Å². The number of isocyanates is 1. The monoisotopic (exact) mass is 187 g/mol. The van der Waals surface area contributed by atoms with Crippen LogP contribution in [0.4, 0.5) is 5.82 Å². The summed E-state index contributed by atoms with van der Waals surface area (Å²) in [6.45, 7) is 0. The molecule has 0 saturated heterocycles. The molecule has 0 unspecified atom stereocenters. The molecular formula is C9H5N3O2. The summed E-state index contributed by atoms with van der Waals surface area (Å²) in [5, 5.41) is 7.11. The summed E-state index contributed by atoms with van der Waals surface area (Å²) >= 11 is 0. The molecule has 1 heterocycles. The van der Waals surface area contributed by atoms with Crippen LogP contribution >= 0.6 is 0 Å². The lowest BCUT2D eigenvalue weighted by atomic mass is 10.1. The van der Waals surface area contributed by atoms with Gasteiger partial charge in [-0.2, -0.15) is 0 Å². The third kappa shape index (κ3) is 1.44. The lowest BCUT2D eigenvalue weighted by Gasteiger charge is -1.92. The van der Waals surface area contributed by atoms with Crippen molar-refractivity contribution in [2.24, 2.45) is 4.99 Å². The minimum absolute atomic E-state index is 0.145. The largest absolute Gasteiger partial charge is 0.242 e. The molecule has 0 fully saturated rings. The summed E-state index contributed by atoms with van der Waals surface area (Å²) in [5.41, 5.74) is 1.23. The van der Waals surface area contributed by atoms with Crippen LogP contribution in [0, 0.1) is 0 Å². The summed E-state index contributed by atoms with van der Waals surface area (Å²) in [4.78, 5) is 13.4. The molecule has 0 aliphatic heterocycles. The lowest BCUT2D eigenvalue weighted by Crippen LogP contribution is -1.76. The van der Waals surface area contributed by atoms with E-state index in [2.05, 4.69) is 19.9 Å². The van der Waals surface area contributed by atoms with Crippen molar-refractivity contribution in [3.63, 3.8) is 0 Å². The Morgan fingerprint density at radius 1 is 1.21 bits per heavy atom. The Hall–Kier alpha value is -2.26. The van der Waals surface area contributed by atoms with Gasteiger partial charge in [-0.15, -0.1) is 4.99 Å². The molecule has 1 aromatic heterocycles. The molecule has 1 aromatic carbocycles. The van der Waals surface area contributed by atoms with Crippen LogP contribution in [0.3, 0.4) is 0 Å². The van der Waals surface area contributed by atoms with E-state index in [4.69, 9.17) is 0 Å². The standard InChI is InChI=1S/C9H5N3O2/c13-6-10-9-8(11-14-12-9)7-4-2-1-3-5-7/h1-5H. The molecule has 2 rings (SSSR count). The van der Waals surface area contributed by atoms with Crippen molar-refractivity contribution in [2.45, 2.75) is 0 Å². The third-order valence-electron chi connectivity index (χ3n) is 1.67. The summed E-state index contributed by atoms with van der Waals surface area (Å²) in [6.07, 6.45) is 1.39. The second kappa shape index (κ2) is 3.64. The first kappa shape index (κ1) is 8.34. The van der Waals surface area contributed by atoms with Crippen LogP contribution in [-0.4, -0.2) is 16.4 Å². The van der Waals surface area contributed by atoms with E-state index in [0.717, 1.165) is 5.56 Å². The zero-order valence-electron chi connectivity index (χ0n) is 7.04. The van der Waals surface area contributed by atoms with E-state index in [0.29, 0.717) is 5.69 Å². The predicted octanol–water partition coefficient (Wildman–Crippen LogP) is 1.70. The Balaban J connectivity index is 2.52. The van der Waals surface area contributed by atoms with Gasteiger partial charge in [-0.1, -0.05) is 30.3 Å². The fraction of sp³-hybridized carbons (Fsp3) is 0. The first-order valence-electron chi connectivity index (χ1n) is 3.87. The molecule has 68 valence electrons. The molecule has 5 heteroatoms. The lowest BCUT2D eigenvalue weighted by molar-refractivity contribution is 0.309. The van der Waals surface area contributed by atoms with Crippen LogP contribution in [0.1, 0.15) is 0 Å². The van der Waals surface area contributed by atoms with Crippen molar-refractivity contribution in [3.05, 3.63) is 30.3 Å². The molecule has 0 spiro atoms. The Morgan fingerprint density at radius 3 is 2.71 bits per heavy atom. The highest BCUT2D eigenvalue weighted by molar-refractivity contribution is 5.69.